The molecule has 114 valence electrons. The van der Waals surface area contributed by atoms with Crippen molar-refractivity contribution in [2.24, 2.45) is 11.3 Å². The maximum absolute atomic E-state index is 12.0. The van der Waals surface area contributed by atoms with Gasteiger partial charge in [-0.1, -0.05) is 13.8 Å². The van der Waals surface area contributed by atoms with Gasteiger partial charge < -0.3 is 15.4 Å². The number of anilines is 2. The molecule has 0 aliphatic carbocycles. The van der Waals surface area contributed by atoms with E-state index in [9.17, 15) is 9.59 Å². The van der Waals surface area contributed by atoms with Gasteiger partial charge in [-0.25, -0.2) is 0 Å². The molecule has 5 heteroatoms. The first-order valence-electron chi connectivity index (χ1n) is 7.16. The summed E-state index contributed by atoms with van der Waals surface area (Å²) in [5.74, 6) is 0.791. The Morgan fingerprint density at radius 2 is 2.14 bits per heavy atom. The number of hydrogen-bond donors (Lipinski definition) is 2. The average molecular weight is 290 g/mol. The summed E-state index contributed by atoms with van der Waals surface area (Å²) >= 11 is 0. The van der Waals surface area contributed by atoms with Crippen LogP contribution in [0.5, 0.6) is 5.75 Å². The van der Waals surface area contributed by atoms with Crippen LogP contribution in [0.3, 0.4) is 0 Å². The highest BCUT2D eigenvalue weighted by Gasteiger charge is 2.32. The van der Waals surface area contributed by atoms with Gasteiger partial charge in [0.25, 0.3) is 0 Å². The van der Waals surface area contributed by atoms with Crippen molar-refractivity contribution >= 4 is 23.2 Å². The lowest BCUT2D eigenvalue weighted by Crippen LogP contribution is -2.33. The van der Waals surface area contributed by atoms with Crippen molar-refractivity contribution in [3.63, 3.8) is 0 Å². The topological polar surface area (TPSA) is 67.4 Å². The van der Waals surface area contributed by atoms with Gasteiger partial charge >= 0.3 is 0 Å². The molecule has 0 bridgehead atoms. The van der Waals surface area contributed by atoms with Crippen LogP contribution in [0, 0.1) is 11.3 Å². The predicted molar refractivity (Wildman–Crippen MR) is 82.4 cm³/mol. The zero-order chi connectivity index (χ0) is 15.6. The van der Waals surface area contributed by atoms with Gasteiger partial charge in [-0.3, -0.25) is 9.59 Å². The number of ether oxygens (including phenoxy) is 1. The van der Waals surface area contributed by atoms with Crippen LogP contribution in [0.15, 0.2) is 18.2 Å². The fourth-order valence-corrected chi connectivity index (χ4v) is 2.02. The molecule has 0 saturated heterocycles. The van der Waals surface area contributed by atoms with E-state index < -0.39 is 5.41 Å². The molecule has 1 aromatic carbocycles. The molecule has 2 N–H and O–H groups in total. The van der Waals surface area contributed by atoms with Gasteiger partial charge in [-0.2, -0.15) is 0 Å². The Morgan fingerprint density at radius 1 is 1.43 bits per heavy atom. The van der Waals surface area contributed by atoms with Gasteiger partial charge in [0.1, 0.15) is 12.4 Å². The van der Waals surface area contributed by atoms with E-state index in [2.05, 4.69) is 10.6 Å². The van der Waals surface area contributed by atoms with Crippen LogP contribution in [-0.4, -0.2) is 18.4 Å². The molecule has 0 atom stereocenters. The summed E-state index contributed by atoms with van der Waals surface area (Å²) in [7, 11) is 0. The van der Waals surface area contributed by atoms with Gasteiger partial charge in [-0.05, 0) is 31.9 Å². The number of carbonyl (C=O) groups is 2. The van der Waals surface area contributed by atoms with Crippen molar-refractivity contribution in [3.05, 3.63) is 18.2 Å². The third kappa shape index (κ3) is 3.74. The Bertz CT molecular complexity index is 565. The quantitative estimate of drug-likeness (QED) is 0.899. The minimum Gasteiger partial charge on any atom is -0.490 e. The largest absolute Gasteiger partial charge is 0.490 e. The molecule has 1 aliphatic rings. The summed E-state index contributed by atoms with van der Waals surface area (Å²) in [5, 5.41) is 5.69. The molecule has 1 aliphatic heterocycles. The molecule has 0 radical (unpaired) electrons. The first-order chi connectivity index (χ1) is 9.78. The molecule has 5 nitrogen and oxygen atoms in total. The molecule has 0 unspecified atom stereocenters. The lowest BCUT2D eigenvalue weighted by atomic mass is 9.94. The lowest BCUT2D eigenvalue weighted by molar-refractivity contribution is -0.125. The Balaban J connectivity index is 2.15. The highest BCUT2D eigenvalue weighted by molar-refractivity contribution is 5.98. The Kier molecular flexibility index (Phi) is 4.21. The van der Waals surface area contributed by atoms with Crippen molar-refractivity contribution in [3.8, 4) is 5.75 Å². The predicted octanol–water partition coefficient (Wildman–Crippen LogP) is 3.03. The van der Waals surface area contributed by atoms with E-state index >= 15 is 0 Å². The van der Waals surface area contributed by atoms with E-state index in [1.54, 1.807) is 18.2 Å². The molecule has 1 aromatic rings. The molecule has 0 saturated carbocycles. The molecule has 2 rings (SSSR count). The highest BCUT2D eigenvalue weighted by atomic mass is 16.5. The molecular weight excluding hydrogens is 268 g/mol. The molecular formula is C16H22N2O3. The number of hydrogen-bond acceptors (Lipinski definition) is 3. The summed E-state index contributed by atoms with van der Waals surface area (Å²) in [6.45, 7) is 7.96. The average Bonchev–Trinajstić information content (AvgIpc) is 2.47. The van der Waals surface area contributed by atoms with E-state index in [0.717, 1.165) is 0 Å². The van der Waals surface area contributed by atoms with Crippen LogP contribution in [-0.2, 0) is 9.59 Å². The second-order valence-corrected chi connectivity index (χ2v) is 6.48. The van der Waals surface area contributed by atoms with Crippen molar-refractivity contribution < 1.29 is 14.3 Å². The standard InChI is InChI=1S/C16H22N2O3/c1-10(2)7-14(19)17-11-5-6-12-13(8-11)21-9-16(3,4)15(20)18-12/h5-6,8,10H,7,9H2,1-4H3,(H,17,19)(H,18,20). The zero-order valence-electron chi connectivity index (χ0n) is 12.9. The minimum absolute atomic E-state index is 0.0251. The normalized spacial score (nSPS) is 16.5. The second-order valence-electron chi connectivity index (χ2n) is 6.48. The monoisotopic (exact) mass is 290 g/mol. The fourth-order valence-electron chi connectivity index (χ4n) is 2.02. The van der Waals surface area contributed by atoms with Crippen molar-refractivity contribution in [1.29, 1.82) is 0 Å². The Morgan fingerprint density at radius 3 is 2.81 bits per heavy atom. The first kappa shape index (κ1) is 15.4. The van der Waals surface area contributed by atoms with Crippen molar-refractivity contribution in [2.45, 2.75) is 34.1 Å². The summed E-state index contributed by atoms with van der Waals surface area (Å²) in [6.07, 6.45) is 0.474. The molecule has 21 heavy (non-hydrogen) atoms. The van der Waals surface area contributed by atoms with Crippen LogP contribution in [0.2, 0.25) is 0 Å². The van der Waals surface area contributed by atoms with Gasteiger partial charge in [-0.15, -0.1) is 0 Å². The number of amides is 2. The number of nitrogens with one attached hydrogen (secondary N) is 2. The number of benzene rings is 1. The van der Waals surface area contributed by atoms with Gasteiger partial charge in [0.2, 0.25) is 11.8 Å². The summed E-state index contributed by atoms with van der Waals surface area (Å²) in [5.41, 5.74) is 0.723. The SMILES string of the molecule is CC(C)CC(=O)Nc1ccc2c(c1)OCC(C)(C)C(=O)N2. The Labute approximate surface area is 125 Å². The zero-order valence-corrected chi connectivity index (χ0v) is 12.9. The summed E-state index contributed by atoms with van der Waals surface area (Å²) in [4.78, 5) is 23.8. The van der Waals surface area contributed by atoms with Crippen LogP contribution in [0.25, 0.3) is 0 Å². The van der Waals surface area contributed by atoms with Crippen LogP contribution < -0.4 is 15.4 Å². The van der Waals surface area contributed by atoms with Crippen LogP contribution in [0.4, 0.5) is 11.4 Å². The Hall–Kier alpha value is -2.04. The molecule has 1 heterocycles. The van der Waals surface area contributed by atoms with Gasteiger partial charge in [0, 0.05) is 18.2 Å². The number of rotatable bonds is 3. The fraction of sp³-hybridized carbons (Fsp3) is 0.500. The smallest absolute Gasteiger partial charge is 0.233 e. The van der Waals surface area contributed by atoms with Crippen molar-refractivity contribution in [1.82, 2.24) is 0 Å². The molecule has 0 fully saturated rings. The van der Waals surface area contributed by atoms with Crippen LogP contribution in [0.1, 0.15) is 34.1 Å². The third-order valence-corrected chi connectivity index (χ3v) is 3.31. The highest BCUT2D eigenvalue weighted by Crippen LogP contribution is 2.34. The number of carbonyl (C=O) groups excluding carboxylic acids is 2. The molecule has 0 spiro atoms. The van der Waals surface area contributed by atoms with E-state index in [1.165, 1.54) is 0 Å². The molecule has 2 amide bonds. The maximum atomic E-state index is 12.0. The number of fused-ring (bicyclic) bond motifs is 1. The second kappa shape index (κ2) is 5.76. The van der Waals surface area contributed by atoms with Gasteiger partial charge in [0.05, 0.1) is 11.1 Å². The maximum Gasteiger partial charge on any atom is 0.233 e. The van der Waals surface area contributed by atoms with E-state index in [1.807, 2.05) is 27.7 Å². The summed E-state index contributed by atoms with van der Waals surface area (Å²) < 4.78 is 5.70. The van der Waals surface area contributed by atoms with Crippen LogP contribution >= 0.6 is 0 Å². The molecule has 0 aromatic heterocycles. The van der Waals surface area contributed by atoms with Crippen molar-refractivity contribution in [2.75, 3.05) is 17.2 Å². The van der Waals surface area contributed by atoms with E-state index in [-0.39, 0.29) is 11.8 Å². The first-order valence-corrected chi connectivity index (χ1v) is 7.16. The minimum atomic E-state index is -0.583. The lowest BCUT2D eigenvalue weighted by Gasteiger charge is -2.18. The summed E-state index contributed by atoms with van der Waals surface area (Å²) in [6, 6.07) is 5.26. The van der Waals surface area contributed by atoms with E-state index in [0.29, 0.717) is 36.1 Å². The third-order valence-electron chi connectivity index (χ3n) is 3.31. The van der Waals surface area contributed by atoms with Gasteiger partial charge in [0.15, 0.2) is 0 Å². The van der Waals surface area contributed by atoms with E-state index in [4.69, 9.17) is 4.74 Å².